The Morgan fingerprint density at radius 2 is 0.473 bits per heavy atom. The molecule has 0 bridgehead atoms. The molecule has 0 aliphatic rings. The lowest BCUT2D eigenvalue weighted by atomic mass is 9.99. The highest BCUT2D eigenvalue weighted by atomic mass is 16.6. The van der Waals surface area contributed by atoms with Crippen LogP contribution < -0.4 is 0 Å². The Morgan fingerprint density at radius 3 is 0.703 bits per heavy atom. The number of carbonyl (C=O) groups excluding carboxylic acids is 3. The second-order valence-electron chi connectivity index (χ2n) is 23.9. The molecule has 6 heteroatoms. The van der Waals surface area contributed by atoms with Gasteiger partial charge in [0.1, 0.15) is 13.2 Å². The molecule has 0 saturated carbocycles. The van der Waals surface area contributed by atoms with E-state index in [1.807, 2.05) is 0 Å². The fourth-order valence-corrected chi connectivity index (χ4v) is 10.6. The van der Waals surface area contributed by atoms with Crippen molar-refractivity contribution in [2.45, 2.75) is 394 Å². The number of rotatable bonds is 62. The normalized spacial score (nSPS) is 12.8. The van der Waals surface area contributed by atoms with Crippen molar-refractivity contribution in [2.24, 2.45) is 11.8 Å². The lowest BCUT2D eigenvalue weighted by Gasteiger charge is -2.18. The number of carbonyl (C=O) groups is 3. The van der Waals surface area contributed by atoms with Crippen molar-refractivity contribution in [2.75, 3.05) is 13.2 Å². The summed E-state index contributed by atoms with van der Waals surface area (Å²) in [6.45, 7) is 11.5. The Kier molecular flexibility index (Phi) is 59.3. The van der Waals surface area contributed by atoms with Crippen LogP contribution in [0.2, 0.25) is 0 Å². The SMILES string of the molecule is CCCCCCCCCCCCCCC(=O)OC[C@@H](COC(=O)CCCCCCCCCCCCCCCCCCCCC(C)CC)OC(=O)CCCCCCCCCCCCCCCCCCCCC(C)CC. The van der Waals surface area contributed by atoms with E-state index < -0.39 is 6.10 Å². The van der Waals surface area contributed by atoms with Gasteiger partial charge in [-0.2, -0.15) is 0 Å². The highest BCUT2D eigenvalue weighted by Crippen LogP contribution is 2.20. The Labute approximate surface area is 463 Å². The van der Waals surface area contributed by atoms with Crippen molar-refractivity contribution in [3.05, 3.63) is 0 Å². The molecule has 0 aromatic heterocycles. The van der Waals surface area contributed by atoms with Crippen molar-refractivity contribution in [3.63, 3.8) is 0 Å². The predicted molar refractivity (Wildman–Crippen MR) is 321 cm³/mol. The van der Waals surface area contributed by atoms with Gasteiger partial charge in [-0.05, 0) is 31.1 Å². The predicted octanol–water partition coefficient (Wildman–Crippen LogP) is 22.8. The van der Waals surface area contributed by atoms with Gasteiger partial charge in [0, 0.05) is 19.3 Å². The molecule has 0 saturated heterocycles. The summed E-state index contributed by atoms with van der Waals surface area (Å²) in [5, 5.41) is 0. The van der Waals surface area contributed by atoms with Crippen LogP contribution in [-0.4, -0.2) is 37.2 Å². The number of unbranched alkanes of at least 4 members (excludes halogenated alkanes) is 45. The molecule has 2 unspecified atom stereocenters. The first-order valence-electron chi connectivity index (χ1n) is 33.8. The van der Waals surface area contributed by atoms with E-state index >= 15 is 0 Å². The van der Waals surface area contributed by atoms with Gasteiger partial charge in [0.2, 0.25) is 0 Å². The van der Waals surface area contributed by atoms with Crippen LogP contribution >= 0.6 is 0 Å². The average molecular weight is 1050 g/mol. The molecule has 0 heterocycles. The molecular weight excluding hydrogens is 913 g/mol. The first-order chi connectivity index (χ1) is 36.3. The number of hydrogen-bond donors (Lipinski definition) is 0. The molecule has 0 amide bonds. The first kappa shape index (κ1) is 72.4. The molecule has 440 valence electrons. The summed E-state index contributed by atoms with van der Waals surface area (Å²) in [5.74, 6) is 0.991. The molecule has 3 atom stereocenters. The second-order valence-corrected chi connectivity index (χ2v) is 23.9. The minimum atomic E-state index is -0.764. The zero-order chi connectivity index (χ0) is 53.9. The summed E-state index contributed by atoms with van der Waals surface area (Å²) in [6.07, 6.45) is 68.2. The van der Waals surface area contributed by atoms with Crippen molar-refractivity contribution in [1.29, 1.82) is 0 Å². The van der Waals surface area contributed by atoms with E-state index in [0.717, 1.165) is 69.6 Å². The Balaban J connectivity index is 4.21. The maximum Gasteiger partial charge on any atom is 0.306 e. The molecule has 0 radical (unpaired) electrons. The lowest BCUT2D eigenvalue weighted by molar-refractivity contribution is -0.167. The van der Waals surface area contributed by atoms with Crippen LogP contribution in [-0.2, 0) is 28.6 Å². The number of esters is 3. The van der Waals surface area contributed by atoms with E-state index in [-0.39, 0.29) is 31.1 Å². The van der Waals surface area contributed by atoms with Crippen molar-refractivity contribution in [3.8, 4) is 0 Å². The number of ether oxygens (including phenoxy) is 3. The van der Waals surface area contributed by atoms with E-state index in [1.54, 1.807) is 0 Å². The van der Waals surface area contributed by atoms with E-state index in [9.17, 15) is 14.4 Å². The standard InChI is InChI=1S/C68H132O6/c1-6-9-10-11-12-13-14-33-38-43-48-53-58-66(69)72-61-65(74-68(71)60-55-50-45-40-35-30-26-22-18-16-20-24-28-32-37-42-47-52-57-64(5)8-3)62-73-67(70)59-54-49-44-39-34-29-25-21-17-15-19-23-27-31-36-41-46-51-56-63(4)7-2/h63-65H,6-62H2,1-5H3/t63?,64?,65-/m0/s1. The topological polar surface area (TPSA) is 78.9 Å². The lowest BCUT2D eigenvalue weighted by Crippen LogP contribution is -2.30. The third-order valence-corrected chi connectivity index (χ3v) is 16.4. The van der Waals surface area contributed by atoms with Gasteiger partial charge in [0.05, 0.1) is 0 Å². The van der Waals surface area contributed by atoms with Gasteiger partial charge in [-0.15, -0.1) is 0 Å². The van der Waals surface area contributed by atoms with Crippen LogP contribution in [0.3, 0.4) is 0 Å². The van der Waals surface area contributed by atoms with Crippen LogP contribution in [0.15, 0.2) is 0 Å². The maximum atomic E-state index is 12.9. The summed E-state index contributed by atoms with van der Waals surface area (Å²) in [5.41, 5.74) is 0. The molecule has 0 aromatic carbocycles. The fraction of sp³-hybridized carbons (Fsp3) is 0.956. The Hall–Kier alpha value is -1.59. The van der Waals surface area contributed by atoms with Gasteiger partial charge in [-0.25, -0.2) is 0 Å². The minimum Gasteiger partial charge on any atom is -0.462 e. The zero-order valence-corrected chi connectivity index (χ0v) is 51.0. The smallest absolute Gasteiger partial charge is 0.306 e. The van der Waals surface area contributed by atoms with Crippen LogP contribution in [0, 0.1) is 11.8 Å². The van der Waals surface area contributed by atoms with Gasteiger partial charge in [0.15, 0.2) is 6.10 Å². The average Bonchev–Trinajstić information content (AvgIpc) is 3.40. The minimum absolute atomic E-state index is 0.0615. The molecular formula is C68H132O6. The molecule has 74 heavy (non-hydrogen) atoms. The second kappa shape index (κ2) is 60.6. The number of hydrogen-bond acceptors (Lipinski definition) is 6. The van der Waals surface area contributed by atoms with Crippen molar-refractivity contribution < 1.29 is 28.6 Å². The molecule has 0 aromatic rings. The van der Waals surface area contributed by atoms with Crippen LogP contribution in [0.4, 0.5) is 0 Å². The summed E-state index contributed by atoms with van der Waals surface area (Å²) in [4.78, 5) is 38.3. The van der Waals surface area contributed by atoms with Crippen molar-refractivity contribution >= 4 is 17.9 Å². The highest BCUT2D eigenvalue weighted by molar-refractivity contribution is 5.71. The van der Waals surface area contributed by atoms with Gasteiger partial charge >= 0.3 is 17.9 Å². The largest absolute Gasteiger partial charge is 0.462 e. The van der Waals surface area contributed by atoms with Gasteiger partial charge in [-0.1, -0.05) is 349 Å². The third kappa shape index (κ3) is 58.1. The molecule has 0 fully saturated rings. The van der Waals surface area contributed by atoms with E-state index in [1.165, 1.54) is 276 Å². The molecule has 0 aliphatic carbocycles. The van der Waals surface area contributed by atoms with E-state index in [0.29, 0.717) is 19.3 Å². The van der Waals surface area contributed by atoms with Crippen LogP contribution in [0.25, 0.3) is 0 Å². The van der Waals surface area contributed by atoms with Crippen molar-refractivity contribution in [1.82, 2.24) is 0 Å². The molecule has 0 spiro atoms. The van der Waals surface area contributed by atoms with Gasteiger partial charge < -0.3 is 14.2 Å². The van der Waals surface area contributed by atoms with Crippen LogP contribution in [0.1, 0.15) is 388 Å². The Bertz CT molecular complexity index is 1140. The zero-order valence-electron chi connectivity index (χ0n) is 51.0. The van der Waals surface area contributed by atoms with Gasteiger partial charge in [-0.3, -0.25) is 14.4 Å². The summed E-state index contributed by atoms with van der Waals surface area (Å²) < 4.78 is 17.0. The first-order valence-corrected chi connectivity index (χ1v) is 33.8. The monoisotopic (exact) mass is 1050 g/mol. The quantitative estimate of drug-likeness (QED) is 0.0343. The Morgan fingerprint density at radius 1 is 0.270 bits per heavy atom. The van der Waals surface area contributed by atoms with E-state index in [2.05, 4.69) is 34.6 Å². The summed E-state index contributed by atoms with van der Waals surface area (Å²) in [7, 11) is 0. The molecule has 0 N–H and O–H groups in total. The molecule has 0 rings (SSSR count). The van der Waals surface area contributed by atoms with Crippen LogP contribution in [0.5, 0.6) is 0 Å². The maximum absolute atomic E-state index is 12.9. The summed E-state index contributed by atoms with van der Waals surface area (Å²) in [6, 6.07) is 0. The third-order valence-electron chi connectivity index (χ3n) is 16.4. The van der Waals surface area contributed by atoms with Gasteiger partial charge in [0.25, 0.3) is 0 Å². The van der Waals surface area contributed by atoms with E-state index in [4.69, 9.17) is 14.2 Å². The molecule has 0 aliphatic heterocycles. The fourth-order valence-electron chi connectivity index (χ4n) is 10.6. The molecule has 6 nitrogen and oxygen atoms in total. The summed E-state index contributed by atoms with van der Waals surface area (Å²) >= 11 is 0. The highest BCUT2D eigenvalue weighted by Gasteiger charge is 2.20.